The molecule has 4 rings (SSSR count). The van der Waals surface area contributed by atoms with Gasteiger partial charge < -0.3 is 25.0 Å². The minimum absolute atomic E-state index is 0.0758. The Morgan fingerprint density at radius 3 is 2.64 bits per heavy atom. The van der Waals surface area contributed by atoms with Crippen LogP contribution in [0.25, 0.3) is 11.2 Å². The SMILES string of the molecule is CC#CCn1c(N2CCNCC2)nc2nc(Oc3cccc(NC(=O)COC(=O)C(F)(F)F)c3)n(C)c(=O)c21. The monoisotopic (exact) mass is 547 g/mol. The molecule has 3 aromatic rings. The van der Waals surface area contributed by atoms with Gasteiger partial charge in [0.05, 0.1) is 6.54 Å². The zero-order chi connectivity index (χ0) is 28.2. The molecule has 0 bridgehead atoms. The van der Waals surface area contributed by atoms with Gasteiger partial charge in [-0.3, -0.25) is 18.7 Å². The lowest BCUT2D eigenvalue weighted by atomic mass is 10.3. The molecule has 1 amide bonds. The Bertz CT molecular complexity index is 1510. The van der Waals surface area contributed by atoms with Crippen LogP contribution >= 0.6 is 0 Å². The van der Waals surface area contributed by atoms with Crippen molar-refractivity contribution in [3.8, 4) is 23.6 Å². The van der Waals surface area contributed by atoms with Crippen LogP contribution in [0.3, 0.4) is 0 Å². The number of piperazine rings is 1. The molecule has 0 spiro atoms. The highest BCUT2D eigenvalue weighted by Gasteiger charge is 2.41. The van der Waals surface area contributed by atoms with E-state index < -0.39 is 30.2 Å². The topological polar surface area (TPSA) is 133 Å². The first-order valence-electron chi connectivity index (χ1n) is 11.7. The van der Waals surface area contributed by atoms with E-state index in [9.17, 15) is 27.6 Å². The van der Waals surface area contributed by atoms with Crippen LogP contribution in [0.4, 0.5) is 24.8 Å². The van der Waals surface area contributed by atoms with Gasteiger partial charge >= 0.3 is 18.2 Å². The third-order valence-corrected chi connectivity index (χ3v) is 5.63. The molecule has 1 aliphatic rings. The molecule has 1 aromatic carbocycles. The molecular formula is C24H24F3N7O5. The molecule has 0 saturated carbocycles. The molecule has 2 N–H and O–H groups in total. The Morgan fingerprint density at radius 1 is 1.21 bits per heavy atom. The number of alkyl halides is 3. The Morgan fingerprint density at radius 2 is 1.95 bits per heavy atom. The molecule has 1 saturated heterocycles. The summed E-state index contributed by atoms with van der Waals surface area (Å²) in [6.45, 7) is 3.75. The molecule has 1 aliphatic heterocycles. The van der Waals surface area contributed by atoms with E-state index in [-0.39, 0.29) is 35.2 Å². The highest BCUT2D eigenvalue weighted by atomic mass is 19.4. The van der Waals surface area contributed by atoms with Crippen molar-refractivity contribution in [3.05, 3.63) is 34.6 Å². The van der Waals surface area contributed by atoms with Crippen molar-refractivity contribution in [2.75, 3.05) is 43.0 Å². The minimum atomic E-state index is -5.21. The van der Waals surface area contributed by atoms with Crippen LogP contribution in [0, 0.1) is 11.8 Å². The molecule has 0 atom stereocenters. The van der Waals surface area contributed by atoms with Crippen LogP contribution in [-0.2, 0) is 27.9 Å². The largest absolute Gasteiger partial charge is 0.490 e. The normalized spacial score (nSPS) is 13.5. The van der Waals surface area contributed by atoms with E-state index in [4.69, 9.17) is 4.74 Å². The number of ether oxygens (including phenoxy) is 2. The number of amides is 1. The van der Waals surface area contributed by atoms with Gasteiger partial charge in [0.2, 0.25) is 5.95 Å². The number of fused-ring (bicyclic) bond motifs is 1. The quantitative estimate of drug-likeness (QED) is 0.333. The molecule has 0 radical (unpaired) electrons. The summed E-state index contributed by atoms with van der Waals surface area (Å²) in [7, 11) is 1.48. The first-order valence-corrected chi connectivity index (χ1v) is 11.7. The van der Waals surface area contributed by atoms with Gasteiger partial charge in [-0.25, -0.2) is 4.79 Å². The number of halogens is 3. The Labute approximate surface area is 219 Å². The number of rotatable bonds is 7. The molecule has 2 aromatic heterocycles. The molecule has 3 heterocycles. The summed E-state index contributed by atoms with van der Waals surface area (Å²) in [6, 6.07) is 5.76. The number of nitrogens with zero attached hydrogens (tertiary/aromatic N) is 5. The number of imidazole rings is 1. The Hall–Kier alpha value is -4.58. The summed E-state index contributed by atoms with van der Waals surface area (Å²) in [5.41, 5.74) is 0.193. The van der Waals surface area contributed by atoms with Gasteiger partial charge in [0, 0.05) is 45.0 Å². The fourth-order valence-corrected chi connectivity index (χ4v) is 3.79. The minimum Gasteiger partial charge on any atom is -0.449 e. The van der Waals surface area contributed by atoms with Gasteiger partial charge in [-0.15, -0.1) is 5.92 Å². The second kappa shape index (κ2) is 11.4. The van der Waals surface area contributed by atoms with Crippen molar-refractivity contribution in [2.45, 2.75) is 19.6 Å². The fraction of sp³-hybridized carbons (Fsp3) is 0.375. The first kappa shape index (κ1) is 27.5. The molecule has 206 valence electrons. The van der Waals surface area contributed by atoms with E-state index in [1.165, 1.54) is 35.9 Å². The van der Waals surface area contributed by atoms with E-state index in [1.807, 2.05) is 4.90 Å². The van der Waals surface area contributed by atoms with Crippen LogP contribution in [0.1, 0.15) is 6.92 Å². The zero-order valence-corrected chi connectivity index (χ0v) is 21.0. The maximum atomic E-state index is 13.4. The molecule has 0 unspecified atom stereocenters. The predicted molar refractivity (Wildman–Crippen MR) is 133 cm³/mol. The lowest BCUT2D eigenvalue weighted by Gasteiger charge is -2.28. The molecule has 39 heavy (non-hydrogen) atoms. The highest BCUT2D eigenvalue weighted by molar-refractivity contribution is 5.93. The van der Waals surface area contributed by atoms with E-state index in [0.29, 0.717) is 19.0 Å². The zero-order valence-electron chi connectivity index (χ0n) is 21.0. The van der Waals surface area contributed by atoms with Crippen LogP contribution in [0.5, 0.6) is 11.8 Å². The summed E-state index contributed by atoms with van der Waals surface area (Å²) < 4.78 is 49.4. The number of esters is 1. The number of anilines is 2. The van der Waals surface area contributed by atoms with Crippen molar-refractivity contribution in [2.24, 2.45) is 7.05 Å². The van der Waals surface area contributed by atoms with E-state index in [2.05, 4.69) is 37.2 Å². The number of aromatic nitrogens is 4. The van der Waals surface area contributed by atoms with Crippen LogP contribution in [0.15, 0.2) is 29.1 Å². The predicted octanol–water partition coefficient (Wildman–Crippen LogP) is 1.40. The number of benzene rings is 1. The van der Waals surface area contributed by atoms with E-state index in [0.717, 1.165) is 13.1 Å². The van der Waals surface area contributed by atoms with Crippen molar-refractivity contribution in [1.82, 2.24) is 24.4 Å². The van der Waals surface area contributed by atoms with Gasteiger partial charge in [-0.05, 0) is 19.1 Å². The number of nitrogens with one attached hydrogen (secondary N) is 2. The van der Waals surface area contributed by atoms with Gasteiger partial charge in [0.15, 0.2) is 17.8 Å². The average Bonchev–Trinajstić information content (AvgIpc) is 3.27. The molecule has 12 nitrogen and oxygen atoms in total. The third kappa shape index (κ3) is 6.29. The first-order chi connectivity index (χ1) is 18.6. The Kier molecular flexibility index (Phi) is 8.05. The average molecular weight is 547 g/mol. The summed E-state index contributed by atoms with van der Waals surface area (Å²) >= 11 is 0. The second-order valence-electron chi connectivity index (χ2n) is 8.34. The molecular weight excluding hydrogens is 523 g/mol. The summed E-state index contributed by atoms with van der Waals surface area (Å²) in [4.78, 5) is 47.2. The summed E-state index contributed by atoms with van der Waals surface area (Å²) in [6.07, 6.45) is -5.21. The van der Waals surface area contributed by atoms with Crippen LogP contribution < -0.4 is 25.8 Å². The van der Waals surface area contributed by atoms with Gasteiger partial charge in [-0.1, -0.05) is 12.0 Å². The number of carbonyl (C=O) groups excluding carboxylic acids is 2. The number of carbonyl (C=O) groups is 2. The Balaban J connectivity index is 1.58. The van der Waals surface area contributed by atoms with Crippen LogP contribution in [-0.4, -0.2) is 69.9 Å². The van der Waals surface area contributed by atoms with E-state index in [1.54, 1.807) is 11.5 Å². The maximum Gasteiger partial charge on any atom is 0.490 e. The van der Waals surface area contributed by atoms with E-state index >= 15 is 0 Å². The van der Waals surface area contributed by atoms with Crippen molar-refractivity contribution in [3.63, 3.8) is 0 Å². The fourth-order valence-electron chi connectivity index (χ4n) is 3.79. The molecule has 1 fully saturated rings. The number of hydrogen-bond acceptors (Lipinski definition) is 9. The third-order valence-electron chi connectivity index (χ3n) is 5.63. The second-order valence-corrected chi connectivity index (χ2v) is 8.34. The van der Waals surface area contributed by atoms with Gasteiger partial charge in [0.25, 0.3) is 11.5 Å². The smallest absolute Gasteiger partial charge is 0.449 e. The van der Waals surface area contributed by atoms with Crippen molar-refractivity contribution in [1.29, 1.82) is 0 Å². The lowest BCUT2D eigenvalue weighted by Crippen LogP contribution is -2.44. The van der Waals surface area contributed by atoms with Gasteiger partial charge in [-0.2, -0.15) is 23.1 Å². The van der Waals surface area contributed by atoms with Crippen molar-refractivity contribution >= 4 is 34.7 Å². The standard InChI is InChI=1S/C24H24F3N7O5/c1-3-4-10-34-18-19(30-22(34)33-11-8-28-9-12-33)31-23(32(2)20(18)36)39-16-7-5-6-15(13-16)29-17(35)14-38-21(37)24(25,26)27/h5-7,13,28H,8-12,14H2,1-2H3,(H,29,35). The molecule has 15 heteroatoms. The highest BCUT2D eigenvalue weighted by Crippen LogP contribution is 2.25. The lowest BCUT2D eigenvalue weighted by molar-refractivity contribution is -0.199. The molecule has 0 aliphatic carbocycles. The number of hydrogen-bond donors (Lipinski definition) is 2. The van der Waals surface area contributed by atoms with Crippen molar-refractivity contribution < 1.29 is 32.2 Å². The van der Waals surface area contributed by atoms with Gasteiger partial charge in [0.1, 0.15) is 5.75 Å². The van der Waals surface area contributed by atoms with Crippen LogP contribution in [0.2, 0.25) is 0 Å². The maximum absolute atomic E-state index is 13.4. The summed E-state index contributed by atoms with van der Waals surface area (Å²) in [5, 5.41) is 5.58. The summed E-state index contributed by atoms with van der Waals surface area (Å²) in [5.74, 6) is 3.09.